The van der Waals surface area contributed by atoms with Crippen LogP contribution in [0.5, 0.6) is 0 Å². The fourth-order valence-electron chi connectivity index (χ4n) is 1.39. The van der Waals surface area contributed by atoms with Gasteiger partial charge in [0, 0.05) is 18.0 Å². The van der Waals surface area contributed by atoms with E-state index in [0.717, 1.165) is 5.69 Å². The summed E-state index contributed by atoms with van der Waals surface area (Å²) < 4.78 is 1.68. The topological polar surface area (TPSA) is 56.7 Å². The molecule has 0 unspecified atom stereocenters. The van der Waals surface area contributed by atoms with Crippen molar-refractivity contribution in [3.8, 4) is 5.82 Å². The molecular formula is C11H13ClN4. The van der Waals surface area contributed by atoms with Crippen molar-refractivity contribution in [3.05, 3.63) is 35.2 Å². The number of nitrogens with two attached hydrogens (primary N) is 1. The predicted molar refractivity (Wildman–Crippen MR) is 64.9 cm³/mol. The number of pyridine rings is 1. The molecule has 2 aromatic rings. The fraction of sp³-hybridized carbons (Fsp3) is 0.273. The highest BCUT2D eigenvalue weighted by atomic mass is 35.5. The van der Waals surface area contributed by atoms with Gasteiger partial charge in [0.1, 0.15) is 5.15 Å². The summed E-state index contributed by atoms with van der Waals surface area (Å²) in [4.78, 5) is 4.16. The maximum absolute atomic E-state index is 5.84. The average molecular weight is 237 g/mol. The predicted octanol–water partition coefficient (Wildman–Crippen LogP) is 2.63. The van der Waals surface area contributed by atoms with Gasteiger partial charge in [-0.3, -0.25) is 0 Å². The minimum Gasteiger partial charge on any atom is -0.399 e. The lowest BCUT2D eigenvalue weighted by Crippen LogP contribution is -2.01. The monoisotopic (exact) mass is 236 g/mol. The Balaban J connectivity index is 2.42. The standard InChI is InChI=1S/C11H13ClN4/c1-7(2)9-3-4-16(15-9)11-6-8(13)5-10(12)14-11/h3-7H,1-2H3,(H2,13,14). The Kier molecular flexibility index (Phi) is 2.83. The first-order valence-corrected chi connectivity index (χ1v) is 5.43. The van der Waals surface area contributed by atoms with Crippen LogP contribution in [-0.2, 0) is 0 Å². The fourth-order valence-corrected chi connectivity index (χ4v) is 1.61. The molecule has 0 amide bonds. The van der Waals surface area contributed by atoms with E-state index in [1.54, 1.807) is 16.8 Å². The zero-order valence-corrected chi connectivity index (χ0v) is 9.94. The van der Waals surface area contributed by atoms with Crippen LogP contribution in [0.1, 0.15) is 25.5 Å². The molecule has 0 aromatic carbocycles. The third-order valence-electron chi connectivity index (χ3n) is 2.24. The zero-order chi connectivity index (χ0) is 11.7. The number of aromatic nitrogens is 3. The van der Waals surface area contributed by atoms with Crippen molar-refractivity contribution in [1.82, 2.24) is 14.8 Å². The van der Waals surface area contributed by atoms with Crippen LogP contribution in [0.4, 0.5) is 5.69 Å². The maximum atomic E-state index is 5.84. The normalized spacial score (nSPS) is 11.0. The SMILES string of the molecule is CC(C)c1ccn(-c2cc(N)cc(Cl)n2)n1. The second kappa shape index (κ2) is 4.14. The third kappa shape index (κ3) is 2.17. The van der Waals surface area contributed by atoms with Crippen molar-refractivity contribution < 1.29 is 0 Å². The van der Waals surface area contributed by atoms with Gasteiger partial charge in [-0.2, -0.15) is 5.10 Å². The van der Waals surface area contributed by atoms with Gasteiger partial charge in [0.15, 0.2) is 5.82 Å². The Labute approximate surface area is 99.1 Å². The number of nitrogens with zero attached hydrogens (tertiary/aromatic N) is 3. The maximum Gasteiger partial charge on any atom is 0.157 e. The summed E-state index contributed by atoms with van der Waals surface area (Å²) in [6.45, 7) is 4.18. The van der Waals surface area contributed by atoms with Crippen molar-refractivity contribution in [2.24, 2.45) is 0 Å². The molecule has 2 heterocycles. The van der Waals surface area contributed by atoms with E-state index in [9.17, 15) is 0 Å². The van der Waals surface area contributed by atoms with Gasteiger partial charge in [-0.25, -0.2) is 9.67 Å². The van der Waals surface area contributed by atoms with Crippen LogP contribution in [0, 0.1) is 0 Å². The van der Waals surface area contributed by atoms with Gasteiger partial charge in [-0.05, 0) is 18.1 Å². The summed E-state index contributed by atoms with van der Waals surface area (Å²) in [5.74, 6) is 1.02. The van der Waals surface area contributed by atoms with Gasteiger partial charge in [0.25, 0.3) is 0 Å². The Morgan fingerprint density at radius 2 is 2.12 bits per heavy atom. The summed E-state index contributed by atoms with van der Waals surface area (Å²) >= 11 is 5.84. The van der Waals surface area contributed by atoms with Gasteiger partial charge in [-0.15, -0.1) is 0 Å². The van der Waals surface area contributed by atoms with Crippen molar-refractivity contribution in [1.29, 1.82) is 0 Å². The smallest absolute Gasteiger partial charge is 0.157 e. The van der Waals surface area contributed by atoms with Crippen molar-refractivity contribution in [3.63, 3.8) is 0 Å². The quantitative estimate of drug-likeness (QED) is 0.816. The number of anilines is 1. The van der Waals surface area contributed by atoms with Crippen LogP contribution in [0.3, 0.4) is 0 Å². The molecule has 0 aliphatic heterocycles. The second-order valence-corrected chi connectivity index (χ2v) is 4.31. The molecule has 0 fully saturated rings. The molecule has 0 atom stereocenters. The van der Waals surface area contributed by atoms with Crippen LogP contribution in [0.25, 0.3) is 5.82 Å². The lowest BCUT2D eigenvalue weighted by molar-refractivity contribution is 0.758. The molecular weight excluding hydrogens is 224 g/mol. The molecule has 2 rings (SSSR count). The molecule has 0 radical (unpaired) electrons. The van der Waals surface area contributed by atoms with Gasteiger partial charge in [0.2, 0.25) is 0 Å². The van der Waals surface area contributed by atoms with Gasteiger partial charge in [0.05, 0.1) is 5.69 Å². The Morgan fingerprint density at radius 1 is 1.38 bits per heavy atom. The van der Waals surface area contributed by atoms with E-state index >= 15 is 0 Å². The second-order valence-electron chi connectivity index (χ2n) is 3.92. The average Bonchev–Trinajstić information content (AvgIpc) is 2.64. The summed E-state index contributed by atoms with van der Waals surface area (Å²) in [6.07, 6.45) is 1.85. The molecule has 16 heavy (non-hydrogen) atoms. The number of nitrogen functional groups attached to an aromatic ring is 1. The van der Waals surface area contributed by atoms with E-state index in [1.807, 2.05) is 12.3 Å². The first kappa shape index (κ1) is 11.0. The number of hydrogen-bond acceptors (Lipinski definition) is 3. The highest BCUT2D eigenvalue weighted by Crippen LogP contribution is 2.17. The van der Waals surface area contributed by atoms with Gasteiger partial charge in [-0.1, -0.05) is 25.4 Å². The third-order valence-corrected chi connectivity index (χ3v) is 2.43. The van der Waals surface area contributed by atoms with Crippen molar-refractivity contribution in [2.75, 3.05) is 5.73 Å². The van der Waals surface area contributed by atoms with Crippen LogP contribution in [-0.4, -0.2) is 14.8 Å². The molecule has 0 spiro atoms. The van der Waals surface area contributed by atoms with E-state index in [1.165, 1.54) is 0 Å². The van der Waals surface area contributed by atoms with Crippen LogP contribution >= 0.6 is 11.6 Å². The molecule has 0 bridgehead atoms. The molecule has 5 heteroatoms. The largest absolute Gasteiger partial charge is 0.399 e. The molecule has 2 aromatic heterocycles. The van der Waals surface area contributed by atoms with E-state index < -0.39 is 0 Å². The molecule has 0 aliphatic rings. The molecule has 0 saturated carbocycles. The highest BCUT2D eigenvalue weighted by Gasteiger charge is 2.06. The Bertz CT molecular complexity index is 484. The summed E-state index contributed by atoms with van der Waals surface area (Å²) in [7, 11) is 0. The molecule has 4 nitrogen and oxygen atoms in total. The van der Waals surface area contributed by atoms with Gasteiger partial charge < -0.3 is 5.73 Å². The summed E-state index contributed by atoms with van der Waals surface area (Å²) in [5, 5.41) is 4.77. The zero-order valence-electron chi connectivity index (χ0n) is 9.18. The van der Waals surface area contributed by atoms with Crippen molar-refractivity contribution >= 4 is 17.3 Å². The Hall–Kier alpha value is -1.55. The van der Waals surface area contributed by atoms with Crippen molar-refractivity contribution in [2.45, 2.75) is 19.8 Å². The Morgan fingerprint density at radius 3 is 2.69 bits per heavy atom. The number of hydrogen-bond donors (Lipinski definition) is 1. The minimum absolute atomic E-state index is 0.372. The lowest BCUT2D eigenvalue weighted by atomic mass is 10.1. The van der Waals surface area contributed by atoms with E-state index in [4.69, 9.17) is 17.3 Å². The number of halogens is 1. The molecule has 84 valence electrons. The minimum atomic E-state index is 0.372. The first-order chi connectivity index (χ1) is 7.56. The molecule has 2 N–H and O–H groups in total. The van der Waals surface area contributed by atoms with E-state index in [0.29, 0.717) is 22.6 Å². The van der Waals surface area contributed by atoms with Crippen LogP contribution in [0.2, 0.25) is 5.15 Å². The first-order valence-electron chi connectivity index (χ1n) is 5.05. The van der Waals surface area contributed by atoms with Crippen LogP contribution < -0.4 is 5.73 Å². The van der Waals surface area contributed by atoms with E-state index in [2.05, 4.69) is 23.9 Å². The molecule has 0 aliphatic carbocycles. The summed E-state index contributed by atoms with van der Waals surface area (Å²) in [6, 6.07) is 5.31. The lowest BCUT2D eigenvalue weighted by Gasteiger charge is -2.03. The summed E-state index contributed by atoms with van der Waals surface area (Å²) in [5.41, 5.74) is 7.29. The molecule has 0 saturated heterocycles. The van der Waals surface area contributed by atoms with E-state index in [-0.39, 0.29) is 0 Å². The highest BCUT2D eigenvalue weighted by molar-refractivity contribution is 6.29. The van der Waals surface area contributed by atoms with Gasteiger partial charge >= 0.3 is 0 Å². The number of rotatable bonds is 2. The van der Waals surface area contributed by atoms with Crippen LogP contribution in [0.15, 0.2) is 24.4 Å².